The van der Waals surface area contributed by atoms with Gasteiger partial charge in [-0.3, -0.25) is 19.3 Å². The highest BCUT2D eigenvalue weighted by Gasteiger charge is 2.35. The number of fused-ring (bicyclic) bond motifs is 1. The summed E-state index contributed by atoms with van der Waals surface area (Å²) in [6.07, 6.45) is 0.211. The van der Waals surface area contributed by atoms with Crippen molar-refractivity contribution < 1.29 is 32.3 Å². The fourth-order valence-corrected chi connectivity index (χ4v) is 3.48. The molecule has 11 heteroatoms. The van der Waals surface area contributed by atoms with E-state index in [1.807, 2.05) is 0 Å². The molecule has 166 valence electrons. The third kappa shape index (κ3) is 4.58. The number of rotatable bonds is 7. The average molecular weight is 457 g/mol. The van der Waals surface area contributed by atoms with Gasteiger partial charge in [-0.25, -0.2) is 18.4 Å². The van der Waals surface area contributed by atoms with E-state index < -0.39 is 39.8 Å². The lowest BCUT2D eigenvalue weighted by Gasteiger charge is -2.14. The highest BCUT2D eigenvalue weighted by Crippen LogP contribution is 2.24. The Hall–Kier alpha value is -3.83. The maximum Gasteiger partial charge on any atom is 0.338 e. The van der Waals surface area contributed by atoms with Gasteiger partial charge >= 0.3 is 5.97 Å². The third-order valence-electron chi connectivity index (χ3n) is 4.62. The van der Waals surface area contributed by atoms with E-state index in [1.165, 1.54) is 55.5 Å². The van der Waals surface area contributed by atoms with Crippen molar-refractivity contribution in [3.63, 3.8) is 0 Å². The maximum atomic E-state index is 12.5. The van der Waals surface area contributed by atoms with Crippen molar-refractivity contribution in [1.29, 1.82) is 0 Å². The van der Waals surface area contributed by atoms with Crippen LogP contribution in [0.2, 0.25) is 0 Å². The van der Waals surface area contributed by atoms with E-state index >= 15 is 0 Å². The van der Waals surface area contributed by atoms with Gasteiger partial charge in [0.15, 0.2) is 6.10 Å². The molecule has 0 aliphatic carbocycles. The van der Waals surface area contributed by atoms with Gasteiger partial charge in [-0.15, -0.1) is 6.58 Å². The van der Waals surface area contributed by atoms with Crippen molar-refractivity contribution in [2.24, 2.45) is 5.14 Å². The van der Waals surface area contributed by atoms with Crippen LogP contribution in [-0.2, 0) is 19.6 Å². The molecule has 0 saturated carbocycles. The molecule has 1 unspecified atom stereocenters. The van der Waals surface area contributed by atoms with Gasteiger partial charge in [-0.1, -0.05) is 6.08 Å². The number of benzene rings is 2. The summed E-state index contributed by atoms with van der Waals surface area (Å²) in [6.45, 7) is 4.90. The molecule has 0 spiro atoms. The number of nitrogens with one attached hydrogen (secondary N) is 1. The summed E-state index contributed by atoms with van der Waals surface area (Å²) < 4.78 is 27.7. The van der Waals surface area contributed by atoms with Crippen LogP contribution in [0.25, 0.3) is 0 Å². The lowest BCUT2D eigenvalue weighted by molar-refractivity contribution is -0.123. The highest BCUT2D eigenvalue weighted by atomic mass is 32.2. The number of hydrogen-bond acceptors (Lipinski definition) is 7. The van der Waals surface area contributed by atoms with Crippen LogP contribution >= 0.6 is 0 Å². The normalized spacial score (nSPS) is 14.0. The van der Waals surface area contributed by atoms with Gasteiger partial charge in [-0.05, 0) is 49.4 Å². The maximum absolute atomic E-state index is 12.5. The number of ether oxygens (including phenoxy) is 1. The molecule has 3 N–H and O–H groups in total. The van der Waals surface area contributed by atoms with E-state index in [-0.39, 0.29) is 33.8 Å². The van der Waals surface area contributed by atoms with Gasteiger partial charge < -0.3 is 10.1 Å². The zero-order valence-corrected chi connectivity index (χ0v) is 17.7. The molecule has 1 atom stereocenters. The Morgan fingerprint density at radius 1 is 1.12 bits per heavy atom. The molecule has 3 rings (SSSR count). The van der Waals surface area contributed by atoms with Crippen LogP contribution in [0.3, 0.4) is 0 Å². The summed E-state index contributed by atoms with van der Waals surface area (Å²) in [7, 11) is -3.86. The fraction of sp³-hybridized carbons (Fsp3) is 0.143. The molecule has 2 aromatic rings. The monoisotopic (exact) mass is 457 g/mol. The average Bonchev–Trinajstić information content (AvgIpc) is 2.98. The first-order valence-electron chi connectivity index (χ1n) is 9.28. The van der Waals surface area contributed by atoms with Crippen LogP contribution in [0.4, 0.5) is 5.69 Å². The predicted molar refractivity (Wildman–Crippen MR) is 113 cm³/mol. The molecular weight excluding hydrogens is 438 g/mol. The molecule has 1 aliphatic rings. The van der Waals surface area contributed by atoms with Gasteiger partial charge in [0.25, 0.3) is 17.7 Å². The zero-order valence-electron chi connectivity index (χ0n) is 16.9. The standard InChI is InChI=1S/C21H19N3O7S/c1-3-10-24-19(26)16-9-4-13(11-17(16)20(24)27)21(28)31-12(2)18(25)23-14-5-7-15(8-6-14)32(22,29)30/h3-9,11-12H,1,10H2,2H3,(H,23,25)(H2,22,29,30). The zero-order chi connectivity index (χ0) is 23.6. The summed E-state index contributed by atoms with van der Waals surface area (Å²) in [5, 5.41) is 7.50. The number of hydrogen-bond donors (Lipinski definition) is 2. The number of anilines is 1. The summed E-state index contributed by atoms with van der Waals surface area (Å²) >= 11 is 0. The Bertz CT molecular complexity index is 1240. The van der Waals surface area contributed by atoms with E-state index in [4.69, 9.17) is 9.88 Å². The molecule has 2 aromatic carbocycles. The number of nitrogens with zero attached hydrogens (tertiary/aromatic N) is 1. The number of carbonyl (C=O) groups excluding carboxylic acids is 4. The van der Waals surface area contributed by atoms with E-state index in [0.717, 1.165) is 4.90 Å². The summed E-state index contributed by atoms with van der Waals surface area (Å²) in [5.41, 5.74) is 0.511. The van der Waals surface area contributed by atoms with E-state index in [1.54, 1.807) is 0 Å². The van der Waals surface area contributed by atoms with Gasteiger partial charge in [0.2, 0.25) is 10.0 Å². The van der Waals surface area contributed by atoms with Crippen molar-refractivity contribution in [3.05, 3.63) is 71.8 Å². The van der Waals surface area contributed by atoms with Crippen LogP contribution in [0, 0.1) is 0 Å². The molecular formula is C21H19N3O7S. The molecule has 0 fully saturated rings. The predicted octanol–water partition coefficient (Wildman–Crippen LogP) is 1.30. The van der Waals surface area contributed by atoms with Crippen LogP contribution < -0.4 is 10.5 Å². The number of primary sulfonamides is 1. The first-order valence-corrected chi connectivity index (χ1v) is 10.8. The number of nitrogens with two attached hydrogens (primary N) is 1. The van der Waals surface area contributed by atoms with Gasteiger partial charge in [0, 0.05) is 12.2 Å². The Morgan fingerprint density at radius 3 is 2.34 bits per heavy atom. The van der Waals surface area contributed by atoms with Gasteiger partial charge in [0.05, 0.1) is 21.6 Å². The molecule has 1 heterocycles. The quantitative estimate of drug-likeness (QED) is 0.361. The largest absolute Gasteiger partial charge is 0.449 e. The van der Waals surface area contributed by atoms with Crippen molar-refractivity contribution in [3.8, 4) is 0 Å². The molecule has 3 amide bonds. The van der Waals surface area contributed by atoms with E-state index in [0.29, 0.717) is 0 Å². The van der Waals surface area contributed by atoms with Crippen molar-refractivity contribution >= 4 is 39.4 Å². The van der Waals surface area contributed by atoms with Crippen LogP contribution in [0.15, 0.2) is 60.0 Å². The number of imide groups is 1. The molecule has 0 radical (unpaired) electrons. The smallest absolute Gasteiger partial charge is 0.338 e. The molecule has 0 saturated heterocycles. The Balaban J connectivity index is 1.67. The highest BCUT2D eigenvalue weighted by molar-refractivity contribution is 7.89. The van der Waals surface area contributed by atoms with Crippen molar-refractivity contribution in [1.82, 2.24) is 4.90 Å². The topological polar surface area (TPSA) is 153 Å². The fourth-order valence-electron chi connectivity index (χ4n) is 2.97. The second-order valence-electron chi connectivity index (χ2n) is 6.88. The van der Waals surface area contributed by atoms with E-state index in [2.05, 4.69) is 11.9 Å². The Labute approximate surface area is 183 Å². The van der Waals surface area contributed by atoms with Crippen LogP contribution in [-0.4, -0.2) is 49.7 Å². The molecule has 0 aromatic heterocycles. The molecule has 1 aliphatic heterocycles. The number of esters is 1. The summed E-state index contributed by atoms with van der Waals surface area (Å²) in [5.74, 6) is -2.55. The van der Waals surface area contributed by atoms with Crippen molar-refractivity contribution in [2.45, 2.75) is 17.9 Å². The second-order valence-corrected chi connectivity index (χ2v) is 8.44. The van der Waals surface area contributed by atoms with Gasteiger partial charge in [0.1, 0.15) is 0 Å². The third-order valence-corrected chi connectivity index (χ3v) is 5.55. The number of sulfonamides is 1. The number of amides is 3. The summed E-state index contributed by atoms with van der Waals surface area (Å²) in [6, 6.07) is 9.06. The lowest BCUT2D eigenvalue weighted by Crippen LogP contribution is -2.30. The Kier molecular flexibility index (Phi) is 6.23. The van der Waals surface area contributed by atoms with Crippen molar-refractivity contribution in [2.75, 3.05) is 11.9 Å². The minimum Gasteiger partial charge on any atom is -0.449 e. The molecule has 10 nitrogen and oxygen atoms in total. The van der Waals surface area contributed by atoms with Gasteiger partial charge in [-0.2, -0.15) is 0 Å². The molecule has 32 heavy (non-hydrogen) atoms. The molecule has 0 bridgehead atoms. The SMILES string of the molecule is C=CCN1C(=O)c2ccc(C(=O)OC(C)C(=O)Nc3ccc(S(N)(=O)=O)cc3)cc2C1=O. The minimum absolute atomic E-state index is 0.00232. The summed E-state index contributed by atoms with van der Waals surface area (Å²) in [4.78, 5) is 50.3. The second kappa shape index (κ2) is 8.73. The Morgan fingerprint density at radius 2 is 1.75 bits per heavy atom. The van der Waals surface area contributed by atoms with E-state index in [9.17, 15) is 27.6 Å². The lowest BCUT2D eigenvalue weighted by atomic mass is 10.1. The minimum atomic E-state index is -3.86. The number of carbonyl (C=O) groups is 4. The van der Waals surface area contributed by atoms with Crippen LogP contribution in [0.5, 0.6) is 0 Å². The first kappa shape index (κ1) is 22.8. The first-order chi connectivity index (χ1) is 15.0. The van der Waals surface area contributed by atoms with Crippen LogP contribution in [0.1, 0.15) is 38.0 Å².